The van der Waals surface area contributed by atoms with Crippen molar-refractivity contribution in [3.63, 3.8) is 0 Å². The molecule has 12 heavy (non-hydrogen) atoms. The summed E-state index contributed by atoms with van der Waals surface area (Å²) >= 11 is 0. The molecule has 0 saturated carbocycles. The maximum absolute atomic E-state index is 11.0. The normalized spacial score (nSPS) is 11.0. The molecular formula is C9H14O3. The van der Waals surface area contributed by atoms with Gasteiger partial charge < -0.3 is 9.84 Å². The SMILES string of the molecule is C=CC/C=C(\C)C(=O)OCCO. The summed E-state index contributed by atoms with van der Waals surface area (Å²) in [6.07, 6.45) is 4.08. The second kappa shape index (κ2) is 6.61. The zero-order chi connectivity index (χ0) is 9.40. The number of aliphatic hydroxyl groups is 1. The predicted octanol–water partition coefficient (Wildman–Crippen LogP) is 1.04. The molecule has 0 unspecified atom stereocenters. The van der Waals surface area contributed by atoms with Crippen LogP contribution in [0.15, 0.2) is 24.3 Å². The first-order chi connectivity index (χ1) is 5.72. The number of esters is 1. The maximum atomic E-state index is 11.0. The van der Waals surface area contributed by atoms with E-state index < -0.39 is 0 Å². The first-order valence-electron chi connectivity index (χ1n) is 3.78. The summed E-state index contributed by atoms with van der Waals surface area (Å²) < 4.78 is 4.66. The Morgan fingerprint density at radius 1 is 1.67 bits per heavy atom. The van der Waals surface area contributed by atoms with Gasteiger partial charge in [0, 0.05) is 5.57 Å². The van der Waals surface area contributed by atoms with Crippen molar-refractivity contribution in [2.24, 2.45) is 0 Å². The van der Waals surface area contributed by atoms with E-state index >= 15 is 0 Å². The van der Waals surface area contributed by atoms with Gasteiger partial charge in [-0.2, -0.15) is 0 Å². The Bertz CT molecular complexity index is 182. The van der Waals surface area contributed by atoms with E-state index in [9.17, 15) is 4.79 Å². The van der Waals surface area contributed by atoms with Crippen molar-refractivity contribution in [3.8, 4) is 0 Å². The zero-order valence-corrected chi connectivity index (χ0v) is 7.25. The fourth-order valence-corrected chi connectivity index (χ4v) is 0.596. The quantitative estimate of drug-likeness (QED) is 0.381. The van der Waals surface area contributed by atoms with E-state index in [0.717, 1.165) is 0 Å². The molecule has 0 fully saturated rings. The summed E-state index contributed by atoms with van der Waals surface area (Å²) in [6, 6.07) is 0. The number of aliphatic hydroxyl groups excluding tert-OH is 1. The highest BCUT2D eigenvalue weighted by Crippen LogP contribution is 1.98. The second-order valence-electron chi connectivity index (χ2n) is 2.27. The largest absolute Gasteiger partial charge is 0.460 e. The highest BCUT2D eigenvalue weighted by molar-refractivity contribution is 5.87. The van der Waals surface area contributed by atoms with Gasteiger partial charge in [0.2, 0.25) is 0 Å². The molecule has 3 nitrogen and oxygen atoms in total. The van der Waals surface area contributed by atoms with Gasteiger partial charge in [0.1, 0.15) is 6.61 Å². The molecule has 0 aliphatic rings. The summed E-state index contributed by atoms with van der Waals surface area (Å²) in [6.45, 7) is 5.10. The molecule has 0 aliphatic heterocycles. The topological polar surface area (TPSA) is 46.5 Å². The molecular weight excluding hydrogens is 156 g/mol. The number of rotatable bonds is 5. The number of hydrogen-bond donors (Lipinski definition) is 1. The van der Waals surface area contributed by atoms with Gasteiger partial charge in [-0.3, -0.25) is 0 Å². The first-order valence-corrected chi connectivity index (χ1v) is 3.78. The van der Waals surface area contributed by atoms with Crippen LogP contribution in [0.2, 0.25) is 0 Å². The van der Waals surface area contributed by atoms with E-state index in [2.05, 4.69) is 11.3 Å². The third kappa shape index (κ3) is 4.68. The Morgan fingerprint density at radius 2 is 2.33 bits per heavy atom. The molecule has 0 amide bonds. The molecule has 0 radical (unpaired) electrons. The van der Waals surface area contributed by atoms with Crippen LogP contribution in [0.4, 0.5) is 0 Å². The van der Waals surface area contributed by atoms with Gasteiger partial charge in [0.05, 0.1) is 6.61 Å². The van der Waals surface area contributed by atoms with Crippen LogP contribution < -0.4 is 0 Å². The van der Waals surface area contributed by atoms with Crippen LogP contribution >= 0.6 is 0 Å². The summed E-state index contributed by atoms with van der Waals surface area (Å²) in [5, 5.41) is 8.36. The first kappa shape index (κ1) is 10.9. The van der Waals surface area contributed by atoms with Gasteiger partial charge in [-0.25, -0.2) is 4.79 Å². The predicted molar refractivity (Wildman–Crippen MR) is 46.6 cm³/mol. The lowest BCUT2D eigenvalue weighted by molar-refractivity contribution is -0.139. The van der Waals surface area contributed by atoms with Crippen molar-refractivity contribution in [1.82, 2.24) is 0 Å². The van der Waals surface area contributed by atoms with Crippen LogP contribution in [-0.4, -0.2) is 24.3 Å². The minimum atomic E-state index is -0.383. The Kier molecular flexibility index (Phi) is 6.01. The van der Waals surface area contributed by atoms with E-state index in [1.54, 1.807) is 19.1 Å². The van der Waals surface area contributed by atoms with Crippen molar-refractivity contribution in [1.29, 1.82) is 0 Å². The Hall–Kier alpha value is -1.09. The van der Waals surface area contributed by atoms with Gasteiger partial charge in [-0.1, -0.05) is 12.2 Å². The average Bonchev–Trinajstić information content (AvgIpc) is 2.10. The van der Waals surface area contributed by atoms with Gasteiger partial charge in [0.25, 0.3) is 0 Å². The minimum Gasteiger partial charge on any atom is -0.460 e. The van der Waals surface area contributed by atoms with Crippen LogP contribution in [0.3, 0.4) is 0 Å². The molecule has 0 aromatic heterocycles. The third-order valence-corrected chi connectivity index (χ3v) is 1.24. The Morgan fingerprint density at radius 3 is 2.83 bits per heavy atom. The fraction of sp³-hybridized carbons (Fsp3) is 0.444. The molecule has 0 saturated heterocycles. The molecule has 0 aromatic rings. The van der Waals surface area contributed by atoms with Crippen molar-refractivity contribution >= 4 is 5.97 Å². The van der Waals surface area contributed by atoms with E-state index in [-0.39, 0.29) is 19.2 Å². The van der Waals surface area contributed by atoms with Crippen molar-refractivity contribution in [2.75, 3.05) is 13.2 Å². The standard InChI is InChI=1S/C9H14O3/c1-3-4-5-8(2)9(11)12-7-6-10/h3,5,10H,1,4,6-7H2,2H3/b8-5+. The Labute approximate surface area is 72.3 Å². The monoisotopic (exact) mass is 170 g/mol. The van der Waals surface area contributed by atoms with Crippen LogP contribution in [0.5, 0.6) is 0 Å². The number of carbonyl (C=O) groups excluding carboxylic acids is 1. The maximum Gasteiger partial charge on any atom is 0.333 e. The van der Waals surface area contributed by atoms with E-state index in [1.807, 2.05) is 0 Å². The average molecular weight is 170 g/mol. The fourth-order valence-electron chi connectivity index (χ4n) is 0.596. The second-order valence-corrected chi connectivity index (χ2v) is 2.27. The van der Waals surface area contributed by atoms with Crippen LogP contribution in [0.1, 0.15) is 13.3 Å². The van der Waals surface area contributed by atoms with Crippen LogP contribution in [0.25, 0.3) is 0 Å². The number of carbonyl (C=O) groups is 1. The summed E-state index contributed by atoms with van der Waals surface area (Å²) in [7, 11) is 0. The minimum absolute atomic E-state index is 0.0537. The van der Waals surface area contributed by atoms with Crippen LogP contribution in [0, 0.1) is 0 Å². The lowest BCUT2D eigenvalue weighted by Gasteiger charge is -2.01. The molecule has 0 bridgehead atoms. The van der Waals surface area contributed by atoms with E-state index in [1.165, 1.54) is 0 Å². The zero-order valence-electron chi connectivity index (χ0n) is 7.25. The third-order valence-electron chi connectivity index (χ3n) is 1.24. The molecule has 0 heterocycles. The molecule has 0 rings (SSSR count). The molecule has 3 heteroatoms. The Balaban J connectivity index is 3.83. The summed E-state index contributed by atoms with van der Waals surface area (Å²) in [4.78, 5) is 11.0. The van der Waals surface area contributed by atoms with Gasteiger partial charge in [0.15, 0.2) is 0 Å². The molecule has 68 valence electrons. The highest BCUT2D eigenvalue weighted by Gasteiger charge is 2.02. The molecule has 0 atom stereocenters. The lowest BCUT2D eigenvalue weighted by atomic mass is 10.2. The van der Waals surface area contributed by atoms with Crippen LogP contribution in [-0.2, 0) is 9.53 Å². The molecule has 0 spiro atoms. The van der Waals surface area contributed by atoms with Gasteiger partial charge in [-0.15, -0.1) is 6.58 Å². The summed E-state index contributed by atoms with van der Waals surface area (Å²) in [5.74, 6) is -0.383. The smallest absolute Gasteiger partial charge is 0.333 e. The van der Waals surface area contributed by atoms with Gasteiger partial charge in [-0.05, 0) is 13.3 Å². The van der Waals surface area contributed by atoms with Gasteiger partial charge >= 0.3 is 5.97 Å². The highest BCUT2D eigenvalue weighted by atomic mass is 16.5. The number of hydrogen-bond acceptors (Lipinski definition) is 3. The van der Waals surface area contributed by atoms with Crippen molar-refractivity contribution in [3.05, 3.63) is 24.3 Å². The van der Waals surface area contributed by atoms with E-state index in [4.69, 9.17) is 5.11 Å². The molecule has 1 N–H and O–H groups in total. The molecule has 0 aromatic carbocycles. The number of allylic oxidation sites excluding steroid dienone is 2. The summed E-state index contributed by atoms with van der Waals surface area (Å²) in [5.41, 5.74) is 0.545. The van der Waals surface area contributed by atoms with E-state index in [0.29, 0.717) is 12.0 Å². The van der Waals surface area contributed by atoms with Crippen molar-refractivity contribution in [2.45, 2.75) is 13.3 Å². The molecule has 0 aliphatic carbocycles. The van der Waals surface area contributed by atoms with Crippen molar-refractivity contribution < 1.29 is 14.6 Å². The number of ether oxygens (including phenoxy) is 1. The lowest BCUT2D eigenvalue weighted by Crippen LogP contribution is -2.09.